The lowest BCUT2D eigenvalue weighted by atomic mass is 10.5. The summed E-state index contributed by atoms with van der Waals surface area (Å²) in [5.41, 5.74) is -5.65. The van der Waals surface area contributed by atoms with E-state index < -0.39 is 15.6 Å². The van der Waals surface area contributed by atoms with E-state index in [2.05, 4.69) is 6.92 Å². The highest BCUT2D eigenvalue weighted by Gasteiger charge is 2.36. The first-order chi connectivity index (χ1) is 8.41. The fourth-order valence-corrected chi connectivity index (χ4v) is 2.51. The van der Waals surface area contributed by atoms with Gasteiger partial charge in [0.15, 0.2) is 37.6 Å². The van der Waals surface area contributed by atoms with Crippen LogP contribution in [0.3, 0.4) is 0 Å². The maximum absolute atomic E-state index is 10.7. The molecule has 1 aromatic rings. The van der Waals surface area contributed by atoms with Gasteiger partial charge in [-0.05, 0) is 11.6 Å². The van der Waals surface area contributed by atoms with Crippen LogP contribution in [0.2, 0.25) is 14.5 Å². The first kappa shape index (κ1) is 19.2. The Bertz CT molecular complexity index is 530. The summed E-state index contributed by atoms with van der Waals surface area (Å²) < 4.78 is 61.3. The van der Waals surface area contributed by atoms with E-state index >= 15 is 0 Å². The number of hydrogen-bond donors (Lipinski definition) is 0. The molecule has 0 N–H and O–H groups in total. The van der Waals surface area contributed by atoms with Crippen LogP contribution in [-0.2, 0) is 16.7 Å². The smallest absolute Gasteiger partial charge is 0.485 e. The fraction of sp³-hybridized carbons (Fsp3) is 0.571. The largest absolute Gasteiger partial charge is 0.741 e. The second-order valence-electron chi connectivity index (χ2n) is 2.97. The number of alkyl halides is 3. The Labute approximate surface area is 126 Å². The van der Waals surface area contributed by atoms with Crippen LogP contribution in [0.4, 0.5) is 13.2 Å². The molecule has 1 rings (SSSR count). The molecule has 19 heavy (non-hydrogen) atoms. The van der Waals surface area contributed by atoms with Gasteiger partial charge in [-0.3, -0.25) is 0 Å². The van der Waals surface area contributed by atoms with Crippen LogP contribution in [-0.4, -0.2) is 18.5 Å². The van der Waals surface area contributed by atoms with Crippen LogP contribution in [0.15, 0.2) is 0 Å². The highest BCUT2D eigenvalue weighted by atomic mass is 35.5. The molecule has 1 heterocycles. The van der Waals surface area contributed by atoms with E-state index in [1.54, 1.807) is 0 Å². The van der Waals surface area contributed by atoms with Gasteiger partial charge < -0.3 is 4.55 Å². The summed E-state index contributed by atoms with van der Waals surface area (Å²) in [7, 11) is -6.09. The molecule has 0 aliphatic carbocycles. The summed E-state index contributed by atoms with van der Waals surface area (Å²) in [6, 6.07) is 0. The van der Waals surface area contributed by atoms with Crippen molar-refractivity contribution in [2.45, 2.75) is 25.4 Å². The zero-order valence-electron chi connectivity index (χ0n) is 9.17. The molecule has 0 amide bonds. The SMILES string of the molecule is CCC[n+]1sc(Cl)c(Cl)c1Cl.O=S(=O)([O-])C(F)(F)F. The first-order valence-corrected chi connectivity index (χ1v) is 7.79. The molecular formula is C7H7Cl3F3NO3S2. The molecule has 0 aromatic carbocycles. The van der Waals surface area contributed by atoms with E-state index in [1.807, 2.05) is 3.96 Å². The third-order valence-electron chi connectivity index (χ3n) is 1.47. The van der Waals surface area contributed by atoms with Crippen LogP contribution in [0.25, 0.3) is 0 Å². The zero-order chi connectivity index (χ0) is 15.4. The third kappa shape index (κ3) is 6.01. The molecule has 1 aromatic heterocycles. The van der Waals surface area contributed by atoms with Crippen LogP contribution < -0.4 is 3.96 Å². The molecule has 0 fully saturated rings. The number of hydrogen-bond acceptors (Lipinski definition) is 4. The van der Waals surface area contributed by atoms with E-state index in [4.69, 9.17) is 47.8 Å². The van der Waals surface area contributed by atoms with Crippen molar-refractivity contribution in [3.63, 3.8) is 0 Å². The van der Waals surface area contributed by atoms with Gasteiger partial charge in [-0.15, -0.1) is 3.96 Å². The number of aromatic nitrogens is 1. The Balaban J connectivity index is 0.000000362. The number of aryl methyl sites for hydroxylation is 1. The molecule has 0 saturated heterocycles. The van der Waals surface area contributed by atoms with E-state index in [1.165, 1.54) is 11.5 Å². The predicted octanol–water partition coefficient (Wildman–Crippen LogP) is 3.46. The monoisotopic (exact) mass is 379 g/mol. The second-order valence-corrected chi connectivity index (χ2v) is 6.71. The van der Waals surface area contributed by atoms with Crippen molar-refractivity contribution in [2.24, 2.45) is 0 Å². The number of halogens is 6. The Morgan fingerprint density at radius 3 is 1.95 bits per heavy atom. The lowest BCUT2D eigenvalue weighted by Crippen LogP contribution is -2.28. The van der Waals surface area contributed by atoms with Crippen molar-refractivity contribution in [3.05, 3.63) is 14.5 Å². The quantitative estimate of drug-likeness (QED) is 0.448. The molecule has 0 saturated carbocycles. The molecule has 0 bridgehead atoms. The van der Waals surface area contributed by atoms with Crippen molar-refractivity contribution < 1.29 is 30.1 Å². The topological polar surface area (TPSA) is 61.1 Å². The summed E-state index contributed by atoms with van der Waals surface area (Å²) in [4.78, 5) is 0. The van der Waals surface area contributed by atoms with E-state index in [9.17, 15) is 13.2 Å². The van der Waals surface area contributed by atoms with Gasteiger partial charge in [-0.2, -0.15) is 13.2 Å². The van der Waals surface area contributed by atoms with E-state index in [0.717, 1.165) is 13.0 Å². The molecule has 0 radical (unpaired) electrons. The predicted molar refractivity (Wildman–Crippen MR) is 65.6 cm³/mol. The highest BCUT2D eigenvalue weighted by Crippen LogP contribution is 2.31. The Morgan fingerprint density at radius 2 is 1.74 bits per heavy atom. The first-order valence-electron chi connectivity index (χ1n) is 4.47. The molecule has 12 heteroatoms. The standard InChI is InChI=1S/C6H7Cl3NS.CHF3O3S/c1-2-3-10-5(8)4(7)6(9)11-10;2-1(3,4)8(5,6)7/h2-3H2,1H3;(H,5,6,7)/q+1;/p-1. The van der Waals surface area contributed by atoms with Gasteiger partial charge in [0.05, 0.1) is 0 Å². The van der Waals surface area contributed by atoms with E-state index in [0.29, 0.717) is 14.5 Å². The van der Waals surface area contributed by atoms with Crippen LogP contribution in [0, 0.1) is 0 Å². The molecular weight excluding hydrogens is 374 g/mol. The molecule has 0 spiro atoms. The average Bonchev–Trinajstić information content (AvgIpc) is 2.45. The van der Waals surface area contributed by atoms with Crippen LogP contribution in [0.1, 0.15) is 13.3 Å². The molecule has 0 atom stereocenters. The maximum atomic E-state index is 10.7. The molecule has 4 nitrogen and oxygen atoms in total. The Hall–Kier alpha value is 0.200. The summed E-state index contributed by atoms with van der Waals surface area (Å²) >= 11 is 18.7. The van der Waals surface area contributed by atoms with Gasteiger partial charge in [0.2, 0.25) is 0 Å². The van der Waals surface area contributed by atoms with Gasteiger partial charge in [0, 0.05) is 6.42 Å². The molecule has 112 valence electrons. The second kappa shape index (κ2) is 7.28. The minimum Gasteiger partial charge on any atom is -0.741 e. The van der Waals surface area contributed by atoms with Gasteiger partial charge >= 0.3 is 10.7 Å². The zero-order valence-corrected chi connectivity index (χ0v) is 13.1. The van der Waals surface area contributed by atoms with Crippen molar-refractivity contribution in [3.8, 4) is 0 Å². The summed E-state index contributed by atoms with van der Waals surface area (Å²) in [6.07, 6.45) is 1.03. The van der Waals surface area contributed by atoms with Gasteiger partial charge in [-0.1, -0.05) is 30.1 Å². The Morgan fingerprint density at radius 1 is 1.32 bits per heavy atom. The lowest BCUT2D eigenvalue weighted by molar-refractivity contribution is -0.626. The fourth-order valence-electron chi connectivity index (χ4n) is 0.714. The molecule has 0 aliphatic heterocycles. The molecule has 0 aliphatic rings. The maximum Gasteiger partial charge on any atom is 0.485 e. The Kier molecular flexibility index (Phi) is 7.35. The third-order valence-corrected chi connectivity index (χ3v) is 4.55. The normalized spacial score (nSPS) is 12.0. The minimum absolute atomic E-state index is 0.465. The van der Waals surface area contributed by atoms with E-state index in [-0.39, 0.29) is 0 Å². The van der Waals surface area contributed by atoms with Gasteiger partial charge in [0.1, 0.15) is 0 Å². The van der Waals surface area contributed by atoms with Crippen LogP contribution >= 0.6 is 46.3 Å². The highest BCUT2D eigenvalue weighted by molar-refractivity contribution is 7.86. The van der Waals surface area contributed by atoms with Crippen LogP contribution in [0.5, 0.6) is 0 Å². The summed E-state index contributed by atoms with van der Waals surface area (Å²) in [5.74, 6) is 0. The summed E-state index contributed by atoms with van der Waals surface area (Å²) in [6.45, 7) is 2.95. The number of rotatable bonds is 2. The van der Waals surface area contributed by atoms with Gasteiger partial charge in [0.25, 0.3) is 0 Å². The van der Waals surface area contributed by atoms with Gasteiger partial charge in [-0.25, -0.2) is 8.42 Å². The minimum atomic E-state index is -6.09. The molecule has 0 unspecified atom stereocenters. The van der Waals surface area contributed by atoms with Crippen molar-refractivity contribution in [1.82, 2.24) is 0 Å². The number of nitrogens with zero attached hydrogens (tertiary/aromatic N) is 1. The lowest BCUT2D eigenvalue weighted by Gasteiger charge is -2.08. The summed E-state index contributed by atoms with van der Waals surface area (Å²) in [5, 5.41) is 1.01. The average molecular weight is 381 g/mol. The van der Waals surface area contributed by atoms with Crippen molar-refractivity contribution >= 4 is 56.5 Å². The van der Waals surface area contributed by atoms with Crippen molar-refractivity contribution in [1.29, 1.82) is 0 Å². The van der Waals surface area contributed by atoms with Crippen molar-refractivity contribution in [2.75, 3.05) is 0 Å².